The lowest BCUT2D eigenvalue weighted by molar-refractivity contribution is -0.147. The summed E-state index contributed by atoms with van der Waals surface area (Å²) in [6.07, 6.45) is 0.813. The smallest absolute Gasteiger partial charge is 0.241 e. The van der Waals surface area contributed by atoms with Crippen LogP contribution < -0.4 is 5.73 Å². The van der Waals surface area contributed by atoms with Crippen molar-refractivity contribution in [2.24, 2.45) is 11.1 Å². The van der Waals surface area contributed by atoms with Crippen molar-refractivity contribution in [3.8, 4) is 0 Å². The van der Waals surface area contributed by atoms with Crippen LogP contribution in [0.25, 0.3) is 0 Å². The van der Waals surface area contributed by atoms with Gasteiger partial charge in [-0.2, -0.15) is 0 Å². The molecule has 0 unspecified atom stereocenters. The van der Waals surface area contributed by atoms with E-state index in [1.807, 2.05) is 34.6 Å². The monoisotopic (exact) mass is 271 g/mol. The van der Waals surface area contributed by atoms with E-state index in [0.717, 1.165) is 6.42 Å². The number of hydrogen-bond donors (Lipinski definition) is 1. The molecule has 0 bridgehead atoms. The summed E-state index contributed by atoms with van der Waals surface area (Å²) in [7, 11) is 3.38. The van der Waals surface area contributed by atoms with E-state index in [1.54, 1.807) is 19.0 Å². The average molecular weight is 271 g/mol. The van der Waals surface area contributed by atoms with E-state index < -0.39 is 11.0 Å². The highest BCUT2D eigenvalue weighted by Crippen LogP contribution is 2.30. The van der Waals surface area contributed by atoms with E-state index >= 15 is 0 Å². The van der Waals surface area contributed by atoms with E-state index in [9.17, 15) is 9.59 Å². The molecule has 2 N–H and O–H groups in total. The summed E-state index contributed by atoms with van der Waals surface area (Å²) in [6.45, 7) is 10.00. The second-order valence-corrected chi connectivity index (χ2v) is 6.36. The van der Waals surface area contributed by atoms with Gasteiger partial charge in [-0.3, -0.25) is 9.59 Å². The molecule has 5 heteroatoms. The number of carbonyl (C=O) groups is 2. The van der Waals surface area contributed by atoms with Crippen LogP contribution in [0, 0.1) is 5.41 Å². The van der Waals surface area contributed by atoms with Gasteiger partial charge >= 0.3 is 0 Å². The molecule has 0 radical (unpaired) electrons. The van der Waals surface area contributed by atoms with Gasteiger partial charge in [0.05, 0.1) is 12.0 Å². The second kappa shape index (κ2) is 6.37. The Labute approximate surface area is 117 Å². The zero-order valence-electron chi connectivity index (χ0n) is 13.4. The largest absolute Gasteiger partial charge is 0.347 e. The van der Waals surface area contributed by atoms with Crippen LogP contribution in [0.15, 0.2) is 0 Å². The first-order valence-electron chi connectivity index (χ1n) is 6.73. The van der Waals surface area contributed by atoms with Crippen molar-refractivity contribution in [2.75, 3.05) is 27.2 Å². The number of rotatable bonds is 6. The molecule has 0 atom stereocenters. The molecule has 0 saturated carbocycles. The maximum absolute atomic E-state index is 12.6. The summed E-state index contributed by atoms with van der Waals surface area (Å²) in [5, 5.41) is 0. The molecule has 5 nitrogen and oxygen atoms in total. The summed E-state index contributed by atoms with van der Waals surface area (Å²) >= 11 is 0. The molecule has 0 saturated heterocycles. The molecule has 2 amide bonds. The standard InChI is InChI=1S/C14H29N3O2/c1-8-9-17(10-11(18)16(6)7)12(19)13(2,3)14(4,5)15/h8-10,15H2,1-7H3. The van der Waals surface area contributed by atoms with Crippen LogP contribution >= 0.6 is 0 Å². The lowest BCUT2D eigenvalue weighted by Crippen LogP contribution is -2.57. The van der Waals surface area contributed by atoms with Gasteiger partial charge in [-0.05, 0) is 34.1 Å². The van der Waals surface area contributed by atoms with Gasteiger partial charge in [-0.15, -0.1) is 0 Å². The lowest BCUT2D eigenvalue weighted by Gasteiger charge is -2.40. The van der Waals surface area contributed by atoms with Gasteiger partial charge in [0.2, 0.25) is 11.8 Å². The van der Waals surface area contributed by atoms with Crippen molar-refractivity contribution in [3.05, 3.63) is 0 Å². The maximum atomic E-state index is 12.6. The highest BCUT2D eigenvalue weighted by atomic mass is 16.2. The normalized spacial score (nSPS) is 12.2. The van der Waals surface area contributed by atoms with E-state index in [1.165, 1.54) is 4.90 Å². The summed E-state index contributed by atoms with van der Waals surface area (Å²) in [4.78, 5) is 27.5. The Hall–Kier alpha value is -1.10. The molecule has 0 aromatic heterocycles. The molecular weight excluding hydrogens is 242 g/mol. The SMILES string of the molecule is CCCN(CC(=O)N(C)C)C(=O)C(C)(C)C(C)(C)N. The van der Waals surface area contributed by atoms with Crippen molar-refractivity contribution in [3.63, 3.8) is 0 Å². The number of amides is 2. The van der Waals surface area contributed by atoms with Crippen LogP contribution in [-0.4, -0.2) is 54.3 Å². The molecule has 0 heterocycles. The number of likely N-dealkylation sites (N-methyl/N-ethyl adjacent to an activating group) is 1. The Balaban J connectivity index is 5.09. The fraction of sp³-hybridized carbons (Fsp3) is 0.857. The topological polar surface area (TPSA) is 66.6 Å². The summed E-state index contributed by atoms with van der Waals surface area (Å²) in [6, 6.07) is 0. The Morgan fingerprint density at radius 1 is 1.11 bits per heavy atom. The zero-order valence-corrected chi connectivity index (χ0v) is 13.4. The highest BCUT2D eigenvalue weighted by molar-refractivity contribution is 5.88. The third kappa shape index (κ3) is 4.49. The third-order valence-electron chi connectivity index (χ3n) is 3.75. The van der Waals surface area contributed by atoms with Gasteiger partial charge in [0.15, 0.2) is 0 Å². The van der Waals surface area contributed by atoms with Crippen molar-refractivity contribution in [1.82, 2.24) is 9.80 Å². The zero-order chi connectivity index (χ0) is 15.4. The summed E-state index contributed by atoms with van der Waals surface area (Å²) < 4.78 is 0. The highest BCUT2D eigenvalue weighted by Gasteiger charge is 2.42. The number of carbonyl (C=O) groups excluding carboxylic acids is 2. The first-order valence-corrected chi connectivity index (χ1v) is 6.73. The fourth-order valence-electron chi connectivity index (χ4n) is 1.50. The van der Waals surface area contributed by atoms with Gasteiger partial charge in [-0.25, -0.2) is 0 Å². The Kier molecular flexibility index (Phi) is 6.00. The van der Waals surface area contributed by atoms with Crippen LogP contribution in [0.4, 0.5) is 0 Å². The molecule has 0 aliphatic carbocycles. The predicted octanol–water partition coefficient (Wildman–Crippen LogP) is 1.08. The minimum atomic E-state index is -0.714. The molecule has 0 spiro atoms. The van der Waals surface area contributed by atoms with Crippen molar-refractivity contribution < 1.29 is 9.59 Å². The maximum Gasteiger partial charge on any atom is 0.241 e. The van der Waals surface area contributed by atoms with Gasteiger partial charge in [-0.1, -0.05) is 6.92 Å². The average Bonchev–Trinajstić information content (AvgIpc) is 2.25. The van der Waals surface area contributed by atoms with E-state index in [-0.39, 0.29) is 18.4 Å². The summed E-state index contributed by atoms with van der Waals surface area (Å²) in [5.41, 5.74) is 4.74. The lowest BCUT2D eigenvalue weighted by atomic mass is 9.74. The molecule has 112 valence electrons. The molecule has 0 aliphatic heterocycles. The molecule has 0 aromatic rings. The Bertz CT molecular complexity index is 330. The van der Waals surface area contributed by atoms with E-state index in [4.69, 9.17) is 5.73 Å². The van der Waals surface area contributed by atoms with Crippen LogP contribution in [0.3, 0.4) is 0 Å². The quantitative estimate of drug-likeness (QED) is 0.786. The van der Waals surface area contributed by atoms with Crippen LogP contribution in [0.1, 0.15) is 41.0 Å². The number of nitrogens with zero attached hydrogens (tertiary/aromatic N) is 2. The molecule has 0 fully saturated rings. The second-order valence-electron chi connectivity index (χ2n) is 6.36. The summed E-state index contributed by atoms with van der Waals surface area (Å²) in [5.74, 6) is -0.149. The van der Waals surface area contributed by atoms with Gasteiger partial charge < -0.3 is 15.5 Å². The molecular formula is C14H29N3O2. The molecule has 0 aromatic carbocycles. The number of hydrogen-bond acceptors (Lipinski definition) is 3. The number of nitrogens with two attached hydrogens (primary N) is 1. The minimum Gasteiger partial charge on any atom is -0.347 e. The molecule has 0 aliphatic rings. The van der Waals surface area contributed by atoms with E-state index in [2.05, 4.69) is 0 Å². The van der Waals surface area contributed by atoms with Crippen LogP contribution in [0.5, 0.6) is 0 Å². The minimum absolute atomic E-state index is 0.0722. The Morgan fingerprint density at radius 2 is 1.58 bits per heavy atom. The van der Waals surface area contributed by atoms with Gasteiger partial charge in [0, 0.05) is 26.2 Å². The predicted molar refractivity (Wildman–Crippen MR) is 77.6 cm³/mol. The van der Waals surface area contributed by atoms with Crippen LogP contribution in [0.2, 0.25) is 0 Å². The third-order valence-corrected chi connectivity index (χ3v) is 3.75. The van der Waals surface area contributed by atoms with Crippen molar-refractivity contribution in [2.45, 2.75) is 46.6 Å². The van der Waals surface area contributed by atoms with E-state index in [0.29, 0.717) is 6.54 Å². The van der Waals surface area contributed by atoms with Crippen molar-refractivity contribution in [1.29, 1.82) is 0 Å². The van der Waals surface area contributed by atoms with Crippen LogP contribution in [-0.2, 0) is 9.59 Å². The molecule has 0 rings (SSSR count). The fourth-order valence-corrected chi connectivity index (χ4v) is 1.50. The first-order chi connectivity index (χ1) is 8.45. The van der Waals surface area contributed by atoms with Crippen molar-refractivity contribution >= 4 is 11.8 Å². The molecule has 19 heavy (non-hydrogen) atoms. The van der Waals surface area contributed by atoms with Gasteiger partial charge in [0.25, 0.3) is 0 Å². The Morgan fingerprint density at radius 3 is 1.89 bits per heavy atom. The van der Waals surface area contributed by atoms with Gasteiger partial charge in [0.1, 0.15) is 0 Å². The first kappa shape index (κ1) is 17.9.